The number of aromatic nitrogens is 1. The summed E-state index contributed by atoms with van der Waals surface area (Å²) >= 11 is 0. The van der Waals surface area contributed by atoms with Crippen molar-refractivity contribution in [1.29, 1.82) is 0 Å². The summed E-state index contributed by atoms with van der Waals surface area (Å²) in [5, 5.41) is 4.02. The van der Waals surface area contributed by atoms with Crippen molar-refractivity contribution in [2.45, 2.75) is 25.9 Å². The number of hydrogen-bond acceptors (Lipinski definition) is 3. The molecule has 6 nitrogen and oxygen atoms in total. The molecular formula is C24H23N3O3. The molecule has 2 aliphatic heterocycles. The Morgan fingerprint density at radius 1 is 1.17 bits per heavy atom. The van der Waals surface area contributed by atoms with Gasteiger partial charge in [0.1, 0.15) is 5.75 Å². The molecule has 2 N–H and O–H groups in total. The Morgan fingerprint density at radius 3 is 2.80 bits per heavy atom. The van der Waals surface area contributed by atoms with E-state index in [1.807, 2.05) is 24.4 Å². The highest BCUT2D eigenvalue weighted by atomic mass is 16.5. The maximum absolute atomic E-state index is 13.3. The molecule has 6 heteroatoms. The first-order chi connectivity index (χ1) is 14.5. The van der Waals surface area contributed by atoms with Crippen LogP contribution >= 0.6 is 0 Å². The molecule has 1 atom stereocenters. The van der Waals surface area contributed by atoms with Crippen molar-refractivity contribution in [2.75, 3.05) is 18.4 Å². The van der Waals surface area contributed by atoms with Crippen molar-refractivity contribution in [2.24, 2.45) is 0 Å². The molecular weight excluding hydrogens is 378 g/mol. The van der Waals surface area contributed by atoms with Gasteiger partial charge in [-0.05, 0) is 49.6 Å². The van der Waals surface area contributed by atoms with Crippen LogP contribution in [0.4, 0.5) is 5.69 Å². The van der Waals surface area contributed by atoms with E-state index < -0.39 is 11.5 Å². The van der Waals surface area contributed by atoms with Gasteiger partial charge in [0.15, 0.2) is 0 Å². The second-order valence-corrected chi connectivity index (χ2v) is 8.02. The predicted octanol–water partition coefficient (Wildman–Crippen LogP) is 3.88. The molecule has 2 amide bonds. The lowest BCUT2D eigenvalue weighted by molar-refractivity contribution is -0.154. The Labute approximate surface area is 174 Å². The second kappa shape index (κ2) is 6.76. The van der Waals surface area contributed by atoms with Gasteiger partial charge in [0.2, 0.25) is 0 Å². The molecule has 3 aromatic rings. The molecule has 0 saturated heterocycles. The Bertz CT molecular complexity index is 1210. The molecule has 3 heterocycles. The van der Waals surface area contributed by atoms with Crippen molar-refractivity contribution in [3.8, 4) is 5.75 Å². The third kappa shape index (κ3) is 2.79. The van der Waals surface area contributed by atoms with Crippen LogP contribution in [0, 0.1) is 6.92 Å². The van der Waals surface area contributed by atoms with E-state index >= 15 is 0 Å². The fourth-order valence-corrected chi connectivity index (χ4v) is 4.33. The average Bonchev–Trinajstić information content (AvgIpc) is 3.20. The molecule has 0 radical (unpaired) electrons. The molecule has 0 aliphatic carbocycles. The van der Waals surface area contributed by atoms with Gasteiger partial charge in [-0.1, -0.05) is 30.3 Å². The summed E-state index contributed by atoms with van der Waals surface area (Å²) in [6.07, 6.45) is 4.84. The Morgan fingerprint density at radius 2 is 2.00 bits per heavy atom. The Balaban J connectivity index is 1.39. The molecule has 0 saturated carbocycles. The average molecular weight is 401 g/mol. The molecule has 0 fully saturated rings. The van der Waals surface area contributed by atoms with Crippen LogP contribution in [-0.4, -0.2) is 40.4 Å². The summed E-state index contributed by atoms with van der Waals surface area (Å²) in [5.74, 6) is -0.247. The van der Waals surface area contributed by atoms with Crippen LogP contribution in [0.25, 0.3) is 16.5 Å². The zero-order chi connectivity index (χ0) is 20.9. The zero-order valence-electron chi connectivity index (χ0n) is 17.0. The van der Waals surface area contributed by atoms with E-state index in [1.165, 1.54) is 22.1 Å². The maximum Gasteiger partial charge on any atom is 0.278 e. The highest BCUT2D eigenvalue weighted by molar-refractivity contribution is 6.15. The van der Waals surface area contributed by atoms with E-state index in [0.29, 0.717) is 24.5 Å². The molecule has 152 valence electrons. The minimum absolute atomic E-state index is 0.320. The van der Waals surface area contributed by atoms with Gasteiger partial charge in [0, 0.05) is 35.8 Å². The summed E-state index contributed by atoms with van der Waals surface area (Å²) in [5.41, 5.74) is 3.75. The number of hydrogen-bond donors (Lipinski definition) is 2. The summed E-state index contributed by atoms with van der Waals surface area (Å²) in [7, 11) is 0. The van der Waals surface area contributed by atoms with Crippen molar-refractivity contribution in [3.05, 3.63) is 65.9 Å². The number of nitrogens with one attached hydrogen (secondary N) is 2. The molecule has 30 heavy (non-hydrogen) atoms. The number of H-pyrrole nitrogens is 1. The zero-order valence-corrected chi connectivity index (χ0v) is 17.0. The fraction of sp³-hybridized carbons (Fsp3) is 0.250. The molecule has 1 unspecified atom stereocenters. The summed E-state index contributed by atoms with van der Waals surface area (Å²) in [4.78, 5) is 31.0. The van der Waals surface area contributed by atoms with E-state index in [1.54, 1.807) is 24.0 Å². The van der Waals surface area contributed by atoms with Crippen LogP contribution in [0.2, 0.25) is 0 Å². The molecule has 0 bridgehead atoms. The normalized spacial score (nSPS) is 20.9. The van der Waals surface area contributed by atoms with Gasteiger partial charge >= 0.3 is 0 Å². The largest absolute Gasteiger partial charge is 0.466 e. The predicted molar refractivity (Wildman–Crippen MR) is 116 cm³/mol. The molecule has 2 aromatic carbocycles. The number of anilines is 1. The number of aryl methyl sites for hydroxylation is 1. The third-order valence-electron chi connectivity index (χ3n) is 6.05. The number of fused-ring (bicyclic) bond motifs is 2. The van der Waals surface area contributed by atoms with Crippen LogP contribution < -0.4 is 10.1 Å². The van der Waals surface area contributed by atoms with Crippen LogP contribution in [0.1, 0.15) is 24.5 Å². The summed E-state index contributed by atoms with van der Waals surface area (Å²) in [6.45, 7) is 4.64. The number of rotatable bonds is 2. The van der Waals surface area contributed by atoms with E-state index in [0.717, 1.165) is 11.9 Å². The van der Waals surface area contributed by atoms with E-state index in [-0.39, 0.29) is 5.91 Å². The quantitative estimate of drug-likeness (QED) is 0.640. The first-order valence-electron chi connectivity index (χ1n) is 10.1. The number of ether oxygens (including phenoxy) is 1. The summed E-state index contributed by atoms with van der Waals surface area (Å²) in [6, 6.07) is 13.4. The van der Waals surface area contributed by atoms with E-state index in [2.05, 4.69) is 35.4 Å². The van der Waals surface area contributed by atoms with Gasteiger partial charge in [-0.2, -0.15) is 0 Å². The number of para-hydroxylation sites is 2. The molecule has 2 aliphatic rings. The van der Waals surface area contributed by atoms with Crippen molar-refractivity contribution >= 4 is 34.0 Å². The Kier molecular flexibility index (Phi) is 4.17. The number of carbonyl (C=O) groups excluding carboxylic acids is 2. The number of benzene rings is 2. The molecule has 5 rings (SSSR count). The minimum atomic E-state index is -1.57. The molecule has 0 spiro atoms. The third-order valence-corrected chi connectivity index (χ3v) is 6.05. The van der Waals surface area contributed by atoms with Gasteiger partial charge in [-0.3, -0.25) is 9.59 Å². The standard InChI is InChI=1S/C24H23N3O3/c1-15-6-5-8-19-21(15)17(14-25-19)16-10-12-27(13-11-16)23(29)24(2)22(28)26-18-7-3-4-9-20(18)30-24/h3-10,14,25H,11-13H2,1-2H3,(H,26,28). The topological polar surface area (TPSA) is 74.4 Å². The monoisotopic (exact) mass is 401 g/mol. The van der Waals surface area contributed by atoms with Gasteiger partial charge in [0.25, 0.3) is 17.4 Å². The van der Waals surface area contributed by atoms with E-state index in [9.17, 15) is 9.59 Å². The highest BCUT2D eigenvalue weighted by Crippen LogP contribution is 2.35. The first kappa shape index (κ1) is 18.5. The smallest absolute Gasteiger partial charge is 0.278 e. The van der Waals surface area contributed by atoms with Crippen LogP contribution in [0.5, 0.6) is 5.75 Å². The lowest BCUT2D eigenvalue weighted by atomic mass is 9.95. The summed E-state index contributed by atoms with van der Waals surface area (Å²) < 4.78 is 5.89. The number of amides is 2. The molecule has 1 aromatic heterocycles. The number of nitrogens with zero attached hydrogens (tertiary/aromatic N) is 1. The van der Waals surface area contributed by atoms with Crippen molar-refractivity contribution in [1.82, 2.24) is 9.88 Å². The lowest BCUT2D eigenvalue weighted by Gasteiger charge is -2.38. The van der Waals surface area contributed by atoms with Crippen molar-refractivity contribution in [3.63, 3.8) is 0 Å². The van der Waals surface area contributed by atoms with Crippen molar-refractivity contribution < 1.29 is 14.3 Å². The number of aromatic amines is 1. The lowest BCUT2D eigenvalue weighted by Crippen LogP contribution is -2.60. The first-order valence-corrected chi connectivity index (χ1v) is 10.1. The van der Waals surface area contributed by atoms with E-state index in [4.69, 9.17) is 4.74 Å². The van der Waals surface area contributed by atoms with Crippen LogP contribution in [0.3, 0.4) is 0 Å². The SMILES string of the molecule is Cc1cccc2[nH]cc(C3=CCN(C(=O)C4(C)Oc5ccccc5NC4=O)CC3)c12. The minimum Gasteiger partial charge on any atom is -0.466 e. The van der Waals surface area contributed by atoms with Crippen LogP contribution in [0.15, 0.2) is 54.7 Å². The van der Waals surface area contributed by atoms with Gasteiger partial charge in [0.05, 0.1) is 5.69 Å². The second-order valence-electron chi connectivity index (χ2n) is 8.02. The Hall–Kier alpha value is -3.54. The van der Waals surface area contributed by atoms with Gasteiger partial charge in [-0.25, -0.2) is 0 Å². The maximum atomic E-state index is 13.3. The van der Waals surface area contributed by atoms with Gasteiger partial charge < -0.3 is 19.9 Å². The van der Waals surface area contributed by atoms with Gasteiger partial charge in [-0.15, -0.1) is 0 Å². The number of carbonyl (C=O) groups is 2. The fourth-order valence-electron chi connectivity index (χ4n) is 4.33. The van der Waals surface area contributed by atoms with Crippen LogP contribution in [-0.2, 0) is 9.59 Å². The highest BCUT2D eigenvalue weighted by Gasteiger charge is 2.49.